The number of hydrogen-bond donors (Lipinski definition) is 1. The number of rotatable bonds is 7. The zero-order valence-electron chi connectivity index (χ0n) is 12.5. The fourth-order valence-corrected chi connectivity index (χ4v) is 2.31. The van der Waals surface area contributed by atoms with E-state index < -0.39 is 5.97 Å². The van der Waals surface area contributed by atoms with Gasteiger partial charge in [0.15, 0.2) is 0 Å². The summed E-state index contributed by atoms with van der Waals surface area (Å²) in [5.41, 5.74) is 2.44. The van der Waals surface area contributed by atoms with E-state index in [4.69, 9.17) is 0 Å². The molecule has 0 aliphatic carbocycles. The van der Waals surface area contributed by atoms with Crippen LogP contribution >= 0.6 is 0 Å². The summed E-state index contributed by atoms with van der Waals surface area (Å²) in [6.45, 7) is 4.55. The van der Waals surface area contributed by atoms with Crippen LogP contribution in [-0.4, -0.2) is 39.3 Å². The van der Waals surface area contributed by atoms with Crippen LogP contribution in [0.5, 0.6) is 0 Å². The third-order valence-corrected chi connectivity index (χ3v) is 3.47. The molecule has 1 aromatic carbocycles. The number of aromatic nitrogens is 2. The molecule has 21 heavy (non-hydrogen) atoms. The molecule has 0 saturated heterocycles. The predicted molar refractivity (Wildman–Crippen MR) is 81.3 cm³/mol. The summed E-state index contributed by atoms with van der Waals surface area (Å²) in [4.78, 5) is 13.3. The highest BCUT2D eigenvalue weighted by molar-refractivity contribution is 5.89. The van der Waals surface area contributed by atoms with Gasteiger partial charge in [-0.3, -0.25) is 4.68 Å². The van der Waals surface area contributed by atoms with E-state index in [0.29, 0.717) is 5.56 Å². The summed E-state index contributed by atoms with van der Waals surface area (Å²) in [5.74, 6) is -0.863. The summed E-state index contributed by atoms with van der Waals surface area (Å²) >= 11 is 0. The van der Waals surface area contributed by atoms with Gasteiger partial charge >= 0.3 is 5.97 Å². The third-order valence-electron chi connectivity index (χ3n) is 3.47. The van der Waals surface area contributed by atoms with Crippen molar-refractivity contribution in [1.82, 2.24) is 14.7 Å². The Morgan fingerprint density at radius 3 is 2.81 bits per heavy atom. The van der Waals surface area contributed by atoms with Crippen LogP contribution in [-0.2, 0) is 19.5 Å². The van der Waals surface area contributed by atoms with Gasteiger partial charge < -0.3 is 10.0 Å². The molecule has 0 atom stereocenters. The first-order chi connectivity index (χ1) is 10.1. The largest absolute Gasteiger partial charge is 0.478 e. The van der Waals surface area contributed by atoms with Gasteiger partial charge in [0.25, 0.3) is 0 Å². The maximum Gasteiger partial charge on any atom is 0.335 e. The number of carbonyl (C=O) groups is 1. The Hall–Kier alpha value is -2.14. The van der Waals surface area contributed by atoms with Crippen molar-refractivity contribution in [3.05, 3.63) is 53.3 Å². The van der Waals surface area contributed by atoms with Crippen LogP contribution in [0.1, 0.15) is 28.4 Å². The molecule has 1 aromatic heterocycles. The van der Waals surface area contributed by atoms with Crippen molar-refractivity contribution in [3.8, 4) is 0 Å². The molecule has 1 heterocycles. The second-order valence-electron chi connectivity index (χ2n) is 5.15. The van der Waals surface area contributed by atoms with Gasteiger partial charge in [-0.2, -0.15) is 5.10 Å². The number of aromatic carboxylic acids is 1. The summed E-state index contributed by atoms with van der Waals surface area (Å²) in [6, 6.07) is 7.18. The van der Waals surface area contributed by atoms with Crippen LogP contribution in [0.2, 0.25) is 0 Å². The second kappa shape index (κ2) is 7.04. The molecule has 5 nitrogen and oxygen atoms in total. The minimum atomic E-state index is -0.863. The number of benzene rings is 1. The van der Waals surface area contributed by atoms with Gasteiger partial charge in [-0.25, -0.2) is 4.79 Å². The van der Waals surface area contributed by atoms with Crippen molar-refractivity contribution >= 4 is 5.97 Å². The summed E-state index contributed by atoms with van der Waals surface area (Å²) < 4.78 is 1.91. The Kier molecular flexibility index (Phi) is 5.11. The third kappa shape index (κ3) is 4.16. The van der Waals surface area contributed by atoms with Crippen LogP contribution in [0, 0.1) is 0 Å². The van der Waals surface area contributed by atoms with Crippen LogP contribution < -0.4 is 0 Å². The van der Waals surface area contributed by atoms with Crippen LogP contribution in [0.15, 0.2) is 36.7 Å². The molecule has 0 saturated carbocycles. The molecule has 5 heteroatoms. The SMILES string of the molecule is CCn1cc(CN(C)CCc2ccccc2C(=O)O)cn1. The monoisotopic (exact) mass is 287 g/mol. The Labute approximate surface area is 124 Å². The van der Waals surface area contributed by atoms with E-state index >= 15 is 0 Å². The second-order valence-corrected chi connectivity index (χ2v) is 5.15. The number of hydrogen-bond acceptors (Lipinski definition) is 3. The molecular weight excluding hydrogens is 266 g/mol. The molecule has 0 unspecified atom stereocenters. The molecule has 1 N–H and O–H groups in total. The van der Waals surface area contributed by atoms with E-state index in [1.807, 2.05) is 36.3 Å². The molecule has 0 fully saturated rings. The minimum Gasteiger partial charge on any atom is -0.478 e. The topological polar surface area (TPSA) is 58.4 Å². The van der Waals surface area contributed by atoms with E-state index in [1.54, 1.807) is 12.1 Å². The molecule has 0 bridgehead atoms. The van der Waals surface area contributed by atoms with E-state index in [2.05, 4.69) is 16.9 Å². The molecule has 0 spiro atoms. The van der Waals surface area contributed by atoms with Gasteiger partial charge in [0.2, 0.25) is 0 Å². The van der Waals surface area contributed by atoms with Gasteiger partial charge in [-0.1, -0.05) is 18.2 Å². The highest BCUT2D eigenvalue weighted by Gasteiger charge is 2.10. The lowest BCUT2D eigenvalue weighted by Gasteiger charge is -2.16. The molecule has 0 aliphatic rings. The lowest BCUT2D eigenvalue weighted by molar-refractivity contribution is 0.0695. The molecule has 2 rings (SSSR count). The summed E-state index contributed by atoms with van der Waals surface area (Å²) in [5, 5.41) is 13.4. The lowest BCUT2D eigenvalue weighted by atomic mass is 10.0. The van der Waals surface area contributed by atoms with Crippen LogP contribution in [0.25, 0.3) is 0 Å². The van der Waals surface area contributed by atoms with Crippen LogP contribution in [0.3, 0.4) is 0 Å². The number of carboxylic acids is 1. The first-order valence-electron chi connectivity index (χ1n) is 7.11. The minimum absolute atomic E-state index is 0.393. The Bertz CT molecular complexity index is 607. The smallest absolute Gasteiger partial charge is 0.335 e. The number of likely N-dealkylation sites (N-methyl/N-ethyl adjacent to an activating group) is 1. The molecular formula is C16H21N3O2. The molecule has 0 radical (unpaired) electrons. The van der Waals surface area contributed by atoms with Crippen LogP contribution in [0.4, 0.5) is 0 Å². The Balaban J connectivity index is 1.92. The number of aryl methyl sites for hydroxylation is 1. The zero-order valence-corrected chi connectivity index (χ0v) is 12.5. The van der Waals surface area contributed by atoms with Gasteiger partial charge in [-0.15, -0.1) is 0 Å². The van der Waals surface area contributed by atoms with Crippen molar-refractivity contribution in [2.24, 2.45) is 0 Å². The lowest BCUT2D eigenvalue weighted by Crippen LogP contribution is -2.21. The molecule has 2 aromatic rings. The van der Waals surface area contributed by atoms with Gasteiger partial charge in [-0.05, 0) is 32.0 Å². The molecule has 0 amide bonds. The van der Waals surface area contributed by atoms with Crippen molar-refractivity contribution in [3.63, 3.8) is 0 Å². The zero-order chi connectivity index (χ0) is 15.2. The van der Waals surface area contributed by atoms with Crippen molar-refractivity contribution < 1.29 is 9.90 Å². The van der Waals surface area contributed by atoms with E-state index in [9.17, 15) is 9.90 Å². The van der Waals surface area contributed by atoms with E-state index in [-0.39, 0.29) is 0 Å². The van der Waals surface area contributed by atoms with E-state index in [1.165, 1.54) is 5.56 Å². The molecule has 112 valence electrons. The maximum absolute atomic E-state index is 11.2. The van der Waals surface area contributed by atoms with Crippen molar-refractivity contribution in [2.75, 3.05) is 13.6 Å². The number of carboxylic acid groups (broad SMARTS) is 1. The Morgan fingerprint density at radius 2 is 2.14 bits per heavy atom. The number of nitrogens with zero attached hydrogens (tertiary/aromatic N) is 3. The maximum atomic E-state index is 11.2. The molecule has 0 aliphatic heterocycles. The summed E-state index contributed by atoms with van der Waals surface area (Å²) in [6.07, 6.45) is 4.65. The fraction of sp³-hybridized carbons (Fsp3) is 0.375. The van der Waals surface area contributed by atoms with Crippen molar-refractivity contribution in [2.45, 2.75) is 26.4 Å². The first kappa shape index (κ1) is 15.3. The average Bonchev–Trinajstić information content (AvgIpc) is 2.93. The summed E-state index contributed by atoms with van der Waals surface area (Å²) in [7, 11) is 2.03. The average molecular weight is 287 g/mol. The Morgan fingerprint density at radius 1 is 1.38 bits per heavy atom. The van der Waals surface area contributed by atoms with E-state index in [0.717, 1.165) is 31.6 Å². The first-order valence-corrected chi connectivity index (χ1v) is 7.11. The van der Waals surface area contributed by atoms with Gasteiger partial charge in [0.05, 0.1) is 11.8 Å². The highest BCUT2D eigenvalue weighted by Crippen LogP contribution is 2.11. The van der Waals surface area contributed by atoms with Gasteiger partial charge in [0, 0.05) is 31.4 Å². The standard InChI is InChI=1S/C16H21N3O2/c1-3-19-12-13(10-17-19)11-18(2)9-8-14-6-4-5-7-15(14)16(20)21/h4-7,10,12H,3,8-9,11H2,1-2H3,(H,20,21). The fourth-order valence-electron chi connectivity index (χ4n) is 2.31. The van der Waals surface area contributed by atoms with Gasteiger partial charge in [0.1, 0.15) is 0 Å². The quantitative estimate of drug-likeness (QED) is 0.848. The highest BCUT2D eigenvalue weighted by atomic mass is 16.4. The normalized spacial score (nSPS) is 11.0. The van der Waals surface area contributed by atoms with Crippen molar-refractivity contribution in [1.29, 1.82) is 0 Å². The predicted octanol–water partition coefficient (Wildman–Crippen LogP) is 2.28.